The Kier molecular flexibility index (Phi) is 9.07. The van der Waals surface area contributed by atoms with Crippen molar-refractivity contribution in [3.8, 4) is 11.6 Å². The van der Waals surface area contributed by atoms with E-state index in [1.54, 1.807) is 30.5 Å². The molecule has 2 aliphatic rings. The number of nitrogens with zero attached hydrogens (tertiary/aromatic N) is 4. The fourth-order valence-electron chi connectivity index (χ4n) is 4.74. The molecular weight excluding hydrogens is 522 g/mol. The number of morpholine rings is 1. The van der Waals surface area contributed by atoms with Gasteiger partial charge in [-0.25, -0.2) is 4.98 Å². The van der Waals surface area contributed by atoms with Crippen LogP contribution in [0.5, 0.6) is 11.6 Å². The van der Waals surface area contributed by atoms with Gasteiger partial charge in [0.1, 0.15) is 11.4 Å². The summed E-state index contributed by atoms with van der Waals surface area (Å²) in [5.74, 6) is 1.04. The minimum absolute atomic E-state index is 0.0414. The van der Waals surface area contributed by atoms with Crippen molar-refractivity contribution in [2.45, 2.75) is 12.8 Å². The first-order valence-electron chi connectivity index (χ1n) is 13.7. The molecule has 1 aromatic heterocycles. The zero-order valence-corrected chi connectivity index (χ0v) is 23.1. The quantitative estimate of drug-likeness (QED) is 0.332. The molecule has 2 aromatic carbocycles. The molecule has 5 rings (SSSR count). The molecule has 3 aromatic rings. The second-order valence-corrected chi connectivity index (χ2v) is 10.1. The predicted octanol–water partition coefficient (Wildman–Crippen LogP) is 4.25. The molecule has 0 unspecified atom stereocenters. The van der Waals surface area contributed by atoms with E-state index in [4.69, 9.17) is 9.47 Å². The van der Waals surface area contributed by atoms with Crippen LogP contribution in [0.3, 0.4) is 0 Å². The molecule has 0 radical (unpaired) electrons. The molecule has 3 heterocycles. The van der Waals surface area contributed by atoms with Crippen molar-refractivity contribution in [2.24, 2.45) is 5.92 Å². The second-order valence-electron chi connectivity index (χ2n) is 10.1. The first kappa shape index (κ1) is 28.1. The lowest BCUT2D eigenvalue weighted by atomic mass is 9.96. The second kappa shape index (κ2) is 13.2. The van der Waals surface area contributed by atoms with E-state index in [-0.39, 0.29) is 17.7 Å². The molecule has 0 spiro atoms. The largest absolute Gasteiger partial charge is 0.437 e. The smallest absolute Gasteiger partial charge is 0.248 e. The van der Waals surface area contributed by atoms with Crippen LogP contribution in [-0.2, 0) is 14.3 Å². The van der Waals surface area contributed by atoms with E-state index in [1.165, 1.54) is 6.08 Å². The number of nitrogens with one attached hydrogen (secondary N) is 3. The van der Waals surface area contributed by atoms with Crippen LogP contribution in [0.15, 0.2) is 67.4 Å². The SMILES string of the molecule is C=CC(=O)Nc1cccc(Oc2nc(Nc3ccc(NC(=O)C4CCN(C)CC4)cc3)ncc2N2CCOCC2)c1. The number of carbonyl (C=O) groups excluding carboxylic acids is 2. The topological polar surface area (TPSA) is 121 Å². The molecule has 0 bridgehead atoms. The number of hydrogen-bond acceptors (Lipinski definition) is 9. The maximum atomic E-state index is 12.7. The van der Waals surface area contributed by atoms with Gasteiger partial charge < -0.3 is 35.2 Å². The highest BCUT2D eigenvalue weighted by molar-refractivity contribution is 5.99. The third kappa shape index (κ3) is 7.59. The maximum Gasteiger partial charge on any atom is 0.248 e. The van der Waals surface area contributed by atoms with E-state index < -0.39 is 0 Å². The number of amides is 2. The molecule has 2 amide bonds. The minimum Gasteiger partial charge on any atom is -0.437 e. The lowest BCUT2D eigenvalue weighted by molar-refractivity contribution is -0.121. The number of rotatable bonds is 9. The number of likely N-dealkylation sites (tertiary alicyclic amines) is 1. The number of piperidine rings is 1. The highest BCUT2D eigenvalue weighted by Crippen LogP contribution is 2.33. The number of benzene rings is 2. The highest BCUT2D eigenvalue weighted by Gasteiger charge is 2.23. The Morgan fingerprint density at radius 1 is 1.00 bits per heavy atom. The number of ether oxygens (including phenoxy) is 2. The van der Waals surface area contributed by atoms with Gasteiger partial charge in [0.15, 0.2) is 0 Å². The third-order valence-corrected chi connectivity index (χ3v) is 7.09. The molecule has 11 heteroatoms. The van der Waals surface area contributed by atoms with Crippen molar-refractivity contribution in [2.75, 3.05) is 67.3 Å². The van der Waals surface area contributed by atoms with Gasteiger partial charge in [0.2, 0.25) is 23.6 Å². The van der Waals surface area contributed by atoms with Crippen LogP contribution in [0.4, 0.5) is 28.7 Å². The molecule has 0 atom stereocenters. The van der Waals surface area contributed by atoms with Crippen LogP contribution >= 0.6 is 0 Å². The summed E-state index contributed by atoms with van der Waals surface area (Å²) in [5.41, 5.74) is 2.83. The standard InChI is InChI=1S/C30H35N7O4/c1-3-27(38)32-24-5-4-6-25(19-24)41-29-26(37-15-17-40-18-16-37)20-31-30(35-29)34-23-9-7-22(8-10-23)33-28(39)21-11-13-36(2)14-12-21/h3-10,19-21H,1,11-18H2,2H3,(H,32,38)(H,33,39)(H,31,34,35). The van der Waals surface area contributed by atoms with Gasteiger partial charge in [0.25, 0.3) is 0 Å². The van der Waals surface area contributed by atoms with Crippen molar-refractivity contribution >= 4 is 40.5 Å². The molecule has 0 saturated carbocycles. The van der Waals surface area contributed by atoms with Gasteiger partial charge in [-0.15, -0.1) is 0 Å². The normalized spacial score (nSPS) is 16.1. The van der Waals surface area contributed by atoms with Crippen LogP contribution in [-0.4, -0.2) is 73.1 Å². The Morgan fingerprint density at radius 3 is 2.46 bits per heavy atom. The third-order valence-electron chi connectivity index (χ3n) is 7.09. The Balaban J connectivity index is 1.30. The zero-order valence-electron chi connectivity index (χ0n) is 23.1. The molecule has 41 heavy (non-hydrogen) atoms. The van der Waals surface area contributed by atoms with Gasteiger partial charge in [-0.2, -0.15) is 4.98 Å². The van der Waals surface area contributed by atoms with Crippen LogP contribution < -0.4 is 25.6 Å². The van der Waals surface area contributed by atoms with E-state index in [0.717, 1.165) is 43.0 Å². The first-order valence-corrected chi connectivity index (χ1v) is 13.7. The Morgan fingerprint density at radius 2 is 1.73 bits per heavy atom. The van der Waals surface area contributed by atoms with Gasteiger partial charge in [-0.1, -0.05) is 12.6 Å². The van der Waals surface area contributed by atoms with Crippen molar-refractivity contribution in [1.29, 1.82) is 0 Å². The summed E-state index contributed by atoms with van der Waals surface area (Å²) in [6.45, 7) is 7.94. The van der Waals surface area contributed by atoms with Crippen molar-refractivity contribution in [1.82, 2.24) is 14.9 Å². The maximum absolute atomic E-state index is 12.7. The Labute approximate surface area is 239 Å². The van der Waals surface area contributed by atoms with Crippen LogP contribution in [0.25, 0.3) is 0 Å². The summed E-state index contributed by atoms with van der Waals surface area (Å²) in [6, 6.07) is 14.5. The summed E-state index contributed by atoms with van der Waals surface area (Å²) in [4.78, 5) is 38.0. The summed E-state index contributed by atoms with van der Waals surface area (Å²) in [5, 5.41) is 9.00. The molecule has 0 aliphatic carbocycles. The summed E-state index contributed by atoms with van der Waals surface area (Å²) in [6.07, 6.45) is 4.69. The van der Waals surface area contributed by atoms with E-state index in [2.05, 4.69) is 49.3 Å². The summed E-state index contributed by atoms with van der Waals surface area (Å²) < 4.78 is 11.7. The van der Waals surface area contributed by atoms with E-state index >= 15 is 0 Å². The van der Waals surface area contributed by atoms with Gasteiger partial charge >= 0.3 is 0 Å². The minimum atomic E-state index is -0.308. The molecule has 2 aliphatic heterocycles. The number of hydrogen-bond donors (Lipinski definition) is 3. The summed E-state index contributed by atoms with van der Waals surface area (Å²) in [7, 11) is 2.08. The van der Waals surface area contributed by atoms with Crippen LogP contribution in [0, 0.1) is 5.92 Å². The molecule has 11 nitrogen and oxygen atoms in total. The Hall–Kier alpha value is -4.48. The fraction of sp³-hybridized carbons (Fsp3) is 0.333. The van der Waals surface area contributed by atoms with Gasteiger partial charge in [0.05, 0.1) is 19.4 Å². The molecule has 2 saturated heterocycles. The van der Waals surface area contributed by atoms with E-state index in [1.807, 2.05) is 24.3 Å². The van der Waals surface area contributed by atoms with Crippen LogP contribution in [0.1, 0.15) is 12.8 Å². The number of anilines is 5. The highest BCUT2D eigenvalue weighted by atomic mass is 16.5. The average Bonchev–Trinajstić information content (AvgIpc) is 2.99. The van der Waals surface area contributed by atoms with Gasteiger partial charge in [-0.05, 0) is 75.5 Å². The first-order chi connectivity index (χ1) is 20.0. The molecular formula is C30H35N7O4. The molecule has 3 N–H and O–H groups in total. The Bertz CT molecular complexity index is 1370. The van der Waals surface area contributed by atoms with Gasteiger partial charge in [-0.3, -0.25) is 9.59 Å². The van der Waals surface area contributed by atoms with E-state index in [9.17, 15) is 9.59 Å². The van der Waals surface area contributed by atoms with Crippen LogP contribution in [0.2, 0.25) is 0 Å². The predicted molar refractivity (Wildman–Crippen MR) is 159 cm³/mol. The summed E-state index contributed by atoms with van der Waals surface area (Å²) >= 11 is 0. The molecule has 2 fully saturated rings. The fourth-order valence-corrected chi connectivity index (χ4v) is 4.74. The van der Waals surface area contributed by atoms with Crippen molar-refractivity contribution < 1.29 is 19.1 Å². The zero-order chi connectivity index (χ0) is 28.6. The monoisotopic (exact) mass is 557 g/mol. The van der Waals surface area contributed by atoms with E-state index in [0.29, 0.717) is 49.6 Å². The molecule has 214 valence electrons. The number of aromatic nitrogens is 2. The van der Waals surface area contributed by atoms with Crippen molar-refractivity contribution in [3.63, 3.8) is 0 Å². The lowest BCUT2D eigenvalue weighted by Crippen LogP contribution is -2.36. The van der Waals surface area contributed by atoms with Gasteiger partial charge in [0, 0.05) is 42.1 Å². The number of carbonyl (C=O) groups is 2. The average molecular weight is 558 g/mol. The lowest BCUT2D eigenvalue weighted by Gasteiger charge is -2.29. The van der Waals surface area contributed by atoms with Crippen molar-refractivity contribution in [3.05, 3.63) is 67.4 Å².